The zero-order valence-electron chi connectivity index (χ0n) is 18.8. The van der Waals surface area contributed by atoms with Crippen molar-refractivity contribution in [3.8, 4) is 16.5 Å². The number of thiophene rings is 1. The Bertz CT molecular complexity index is 1470. The standard InChI is InChI=1S/C23H23ClN4O5S2/c1-35(30,31)27-10-8-16(9-11-27)25-23(29)32-22-12-15-4-2-3-5-18(15)28(22)14-17-13-19(33-26-17)20-6-7-21(24)34-20/h2-7,12-13,16H,8-11,14H2,1H3,(H,25,29). The van der Waals surface area contributed by atoms with Crippen LogP contribution in [-0.4, -0.2) is 53.9 Å². The van der Waals surface area contributed by atoms with E-state index in [1.165, 1.54) is 21.9 Å². The zero-order valence-corrected chi connectivity index (χ0v) is 21.2. The molecule has 1 aromatic carbocycles. The number of nitrogens with zero attached hydrogens (tertiary/aromatic N) is 3. The molecular formula is C23H23ClN4O5S2. The van der Waals surface area contributed by atoms with Crippen LogP contribution >= 0.6 is 22.9 Å². The minimum absolute atomic E-state index is 0.158. The summed E-state index contributed by atoms with van der Waals surface area (Å²) in [5.41, 5.74) is 1.56. The number of sulfonamides is 1. The molecule has 1 amide bonds. The molecule has 1 aliphatic heterocycles. The number of aromatic nitrogens is 2. The Morgan fingerprint density at radius 3 is 2.71 bits per heavy atom. The first-order valence-electron chi connectivity index (χ1n) is 11.0. The van der Waals surface area contributed by atoms with Crippen molar-refractivity contribution < 1.29 is 22.5 Å². The molecule has 0 radical (unpaired) electrons. The molecule has 1 fully saturated rings. The van der Waals surface area contributed by atoms with Gasteiger partial charge in [0, 0.05) is 36.7 Å². The third-order valence-electron chi connectivity index (χ3n) is 5.91. The highest BCUT2D eigenvalue weighted by Crippen LogP contribution is 2.32. The molecule has 0 aliphatic carbocycles. The van der Waals surface area contributed by atoms with E-state index in [2.05, 4.69) is 10.5 Å². The lowest BCUT2D eigenvalue weighted by molar-refractivity contribution is 0.185. The number of carbonyl (C=O) groups is 1. The molecule has 35 heavy (non-hydrogen) atoms. The second-order valence-electron chi connectivity index (χ2n) is 8.38. The SMILES string of the molecule is CS(=O)(=O)N1CCC(NC(=O)Oc2cc3ccccc3n2Cc2cc(-c3ccc(Cl)s3)on2)CC1. The molecule has 12 heteroatoms. The molecule has 0 unspecified atom stereocenters. The van der Waals surface area contributed by atoms with Gasteiger partial charge in [-0.05, 0) is 31.0 Å². The highest BCUT2D eigenvalue weighted by molar-refractivity contribution is 7.88. The van der Waals surface area contributed by atoms with E-state index in [1.54, 1.807) is 12.1 Å². The van der Waals surface area contributed by atoms with Gasteiger partial charge in [-0.2, -0.15) is 0 Å². The van der Waals surface area contributed by atoms with Gasteiger partial charge in [0.2, 0.25) is 15.9 Å². The Kier molecular flexibility index (Phi) is 6.58. The number of hydrogen-bond donors (Lipinski definition) is 1. The summed E-state index contributed by atoms with van der Waals surface area (Å²) in [5, 5.41) is 7.97. The largest absolute Gasteiger partial charge is 0.414 e. The first-order chi connectivity index (χ1) is 16.8. The normalized spacial score (nSPS) is 15.5. The Morgan fingerprint density at radius 2 is 2.00 bits per heavy atom. The summed E-state index contributed by atoms with van der Waals surface area (Å²) in [6.45, 7) is 1.08. The predicted octanol–water partition coefficient (Wildman–Crippen LogP) is 4.57. The van der Waals surface area contributed by atoms with Crippen LogP contribution < -0.4 is 10.1 Å². The lowest BCUT2D eigenvalue weighted by atomic mass is 10.1. The number of fused-ring (bicyclic) bond motifs is 1. The van der Waals surface area contributed by atoms with Crippen molar-refractivity contribution in [2.24, 2.45) is 0 Å². The summed E-state index contributed by atoms with van der Waals surface area (Å²) in [7, 11) is -3.22. The summed E-state index contributed by atoms with van der Waals surface area (Å²) >= 11 is 7.44. The third kappa shape index (κ3) is 5.37. The topological polar surface area (TPSA) is 107 Å². The van der Waals surface area contributed by atoms with Gasteiger partial charge in [0.05, 0.1) is 27.5 Å². The monoisotopic (exact) mass is 534 g/mol. The Balaban J connectivity index is 1.31. The molecule has 1 aliphatic rings. The number of halogens is 1. The lowest BCUT2D eigenvalue weighted by Gasteiger charge is -2.30. The van der Waals surface area contributed by atoms with Crippen LogP contribution in [0.5, 0.6) is 5.88 Å². The smallest absolute Gasteiger partial charge is 0.393 e. The minimum atomic E-state index is -3.22. The number of amides is 1. The van der Waals surface area contributed by atoms with E-state index < -0.39 is 16.1 Å². The lowest BCUT2D eigenvalue weighted by Crippen LogP contribution is -2.47. The summed E-state index contributed by atoms with van der Waals surface area (Å²) in [4.78, 5) is 13.6. The Labute approximate surface area is 211 Å². The number of benzene rings is 1. The summed E-state index contributed by atoms with van der Waals surface area (Å²) in [6.07, 6.45) is 1.67. The van der Waals surface area contributed by atoms with E-state index in [1.807, 2.05) is 41.0 Å². The molecule has 4 heterocycles. The molecule has 4 aromatic rings. The molecule has 3 aromatic heterocycles. The van der Waals surface area contributed by atoms with Crippen molar-refractivity contribution in [3.63, 3.8) is 0 Å². The van der Waals surface area contributed by atoms with Crippen LogP contribution in [0.15, 0.2) is 53.1 Å². The fraction of sp³-hybridized carbons (Fsp3) is 0.304. The van der Waals surface area contributed by atoms with Crippen molar-refractivity contribution in [1.82, 2.24) is 19.3 Å². The molecule has 1 saturated heterocycles. The van der Waals surface area contributed by atoms with Gasteiger partial charge in [-0.1, -0.05) is 35.0 Å². The van der Waals surface area contributed by atoms with Crippen molar-refractivity contribution in [1.29, 1.82) is 0 Å². The third-order valence-corrected chi connectivity index (χ3v) is 8.46. The van der Waals surface area contributed by atoms with Crippen molar-refractivity contribution >= 4 is 50.0 Å². The maximum atomic E-state index is 12.7. The fourth-order valence-electron chi connectivity index (χ4n) is 4.17. The highest BCUT2D eigenvalue weighted by atomic mass is 35.5. The average Bonchev–Trinajstić information content (AvgIpc) is 3.53. The van der Waals surface area contributed by atoms with Crippen molar-refractivity contribution in [2.45, 2.75) is 25.4 Å². The van der Waals surface area contributed by atoms with Gasteiger partial charge in [0.1, 0.15) is 5.69 Å². The molecule has 1 N–H and O–H groups in total. The number of carbonyl (C=O) groups excluding carboxylic acids is 1. The fourth-order valence-corrected chi connectivity index (χ4v) is 6.03. The molecule has 5 rings (SSSR count). The molecule has 0 saturated carbocycles. The second-order valence-corrected chi connectivity index (χ2v) is 12.1. The van der Waals surface area contributed by atoms with Crippen LogP contribution in [-0.2, 0) is 16.6 Å². The van der Waals surface area contributed by atoms with Gasteiger partial charge in [0.15, 0.2) is 5.76 Å². The van der Waals surface area contributed by atoms with Crippen LogP contribution in [0.25, 0.3) is 21.5 Å². The molecular weight excluding hydrogens is 512 g/mol. The summed E-state index contributed by atoms with van der Waals surface area (Å²) in [5.74, 6) is 0.995. The predicted molar refractivity (Wildman–Crippen MR) is 134 cm³/mol. The molecule has 0 bridgehead atoms. The first kappa shape index (κ1) is 23.9. The number of piperidine rings is 1. The highest BCUT2D eigenvalue weighted by Gasteiger charge is 2.26. The van der Waals surface area contributed by atoms with E-state index in [4.69, 9.17) is 20.9 Å². The van der Waals surface area contributed by atoms with Gasteiger partial charge in [-0.15, -0.1) is 11.3 Å². The van der Waals surface area contributed by atoms with Crippen LogP contribution in [0.3, 0.4) is 0 Å². The van der Waals surface area contributed by atoms with E-state index in [0.717, 1.165) is 15.8 Å². The van der Waals surface area contributed by atoms with Crippen molar-refractivity contribution in [2.75, 3.05) is 19.3 Å². The number of rotatable bonds is 6. The summed E-state index contributed by atoms with van der Waals surface area (Å²) in [6, 6.07) is 14.9. The number of para-hydroxylation sites is 1. The minimum Gasteiger partial charge on any atom is -0.393 e. The van der Waals surface area contributed by atoms with Gasteiger partial charge in [0.25, 0.3) is 0 Å². The van der Waals surface area contributed by atoms with Crippen LogP contribution in [0.4, 0.5) is 4.79 Å². The molecule has 0 atom stereocenters. The molecule has 184 valence electrons. The van der Waals surface area contributed by atoms with Gasteiger partial charge in [-0.25, -0.2) is 17.5 Å². The zero-order chi connectivity index (χ0) is 24.6. The maximum Gasteiger partial charge on any atom is 0.414 e. The average molecular weight is 535 g/mol. The molecule has 0 spiro atoms. The van der Waals surface area contributed by atoms with E-state index in [-0.39, 0.29) is 6.04 Å². The van der Waals surface area contributed by atoms with Gasteiger partial charge < -0.3 is 19.1 Å². The maximum absolute atomic E-state index is 12.7. The second kappa shape index (κ2) is 9.65. The number of hydrogen-bond acceptors (Lipinski definition) is 7. The van der Waals surface area contributed by atoms with Gasteiger partial charge >= 0.3 is 6.09 Å². The van der Waals surface area contributed by atoms with E-state index in [0.29, 0.717) is 54.1 Å². The number of nitrogens with one attached hydrogen (secondary N) is 1. The first-order valence-corrected chi connectivity index (χ1v) is 14.0. The van der Waals surface area contributed by atoms with Gasteiger partial charge in [-0.3, -0.25) is 0 Å². The Hall–Kier alpha value is -2.86. The van der Waals surface area contributed by atoms with Crippen LogP contribution in [0.1, 0.15) is 18.5 Å². The van der Waals surface area contributed by atoms with Crippen LogP contribution in [0, 0.1) is 0 Å². The van der Waals surface area contributed by atoms with Crippen LogP contribution in [0.2, 0.25) is 4.34 Å². The quantitative estimate of drug-likeness (QED) is 0.388. The molecule has 9 nitrogen and oxygen atoms in total. The van der Waals surface area contributed by atoms with E-state index in [9.17, 15) is 13.2 Å². The van der Waals surface area contributed by atoms with E-state index >= 15 is 0 Å². The Morgan fingerprint density at radius 1 is 1.23 bits per heavy atom. The van der Waals surface area contributed by atoms with Crippen molar-refractivity contribution in [3.05, 3.63) is 58.6 Å². The number of ether oxygens (including phenoxy) is 1. The summed E-state index contributed by atoms with van der Waals surface area (Å²) < 4.78 is 38.6.